The van der Waals surface area contributed by atoms with Gasteiger partial charge in [0.15, 0.2) is 0 Å². The third-order valence-corrected chi connectivity index (χ3v) is 3.45. The van der Waals surface area contributed by atoms with Gasteiger partial charge in [-0.2, -0.15) is 0 Å². The number of amides is 1. The monoisotopic (exact) mass is 328 g/mol. The third kappa shape index (κ3) is 3.57. The van der Waals surface area contributed by atoms with Gasteiger partial charge in [0.05, 0.1) is 10.6 Å². The molecule has 20 heavy (non-hydrogen) atoms. The molecule has 3 N–H and O–H groups in total. The normalized spacial score (nSPS) is 10.3. The molecule has 2 aromatic rings. The fourth-order valence-corrected chi connectivity index (χ4v) is 2.43. The highest BCUT2D eigenvalue weighted by molar-refractivity contribution is 6.37. The number of nitrogen functional groups attached to an aromatic ring is 1. The van der Waals surface area contributed by atoms with E-state index in [9.17, 15) is 4.79 Å². The van der Waals surface area contributed by atoms with Crippen LogP contribution in [0, 0.1) is 0 Å². The number of carbonyl (C=O) groups is 1. The van der Waals surface area contributed by atoms with Crippen LogP contribution in [0.1, 0.15) is 15.9 Å². The predicted molar refractivity (Wildman–Crippen MR) is 83.5 cm³/mol. The molecule has 0 saturated heterocycles. The van der Waals surface area contributed by atoms with Crippen LogP contribution in [0.5, 0.6) is 0 Å². The first-order valence-electron chi connectivity index (χ1n) is 5.74. The van der Waals surface area contributed by atoms with Gasteiger partial charge in [-0.15, -0.1) is 0 Å². The van der Waals surface area contributed by atoms with E-state index in [2.05, 4.69) is 5.32 Å². The van der Waals surface area contributed by atoms with Gasteiger partial charge < -0.3 is 11.1 Å². The maximum absolute atomic E-state index is 12.1. The van der Waals surface area contributed by atoms with Gasteiger partial charge in [-0.05, 0) is 29.8 Å². The van der Waals surface area contributed by atoms with Crippen LogP contribution in [-0.2, 0) is 6.54 Å². The van der Waals surface area contributed by atoms with E-state index >= 15 is 0 Å². The summed E-state index contributed by atoms with van der Waals surface area (Å²) >= 11 is 17.6. The maximum Gasteiger partial charge on any atom is 0.255 e. The van der Waals surface area contributed by atoms with E-state index < -0.39 is 0 Å². The van der Waals surface area contributed by atoms with E-state index in [1.54, 1.807) is 12.1 Å². The number of halogens is 3. The van der Waals surface area contributed by atoms with E-state index in [0.29, 0.717) is 16.6 Å². The SMILES string of the molecule is Nc1cc(Cl)cc(Cl)c1C(=O)NCc1ccc(Cl)cc1. The minimum atomic E-state index is -0.348. The summed E-state index contributed by atoms with van der Waals surface area (Å²) in [5, 5.41) is 4.01. The van der Waals surface area contributed by atoms with Crippen LogP contribution >= 0.6 is 34.8 Å². The number of carbonyl (C=O) groups excluding carboxylic acids is 1. The average Bonchev–Trinajstić information content (AvgIpc) is 2.37. The Labute approximate surface area is 131 Å². The van der Waals surface area contributed by atoms with Crippen molar-refractivity contribution in [1.29, 1.82) is 0 Å². The minimum Gasteiger partial charge on any atom is -0.398 e. The van der Waals surface area contributed by atoms with Crippen molar-refractivity contribution in [1.82, 2.24) is 5.32 Å². The topological polar surface area (TPSA) is 55.1 Å². The lowest BCUT2D eigenvalue weighted by Crippen LogP contribution is -2.24. The van der Waals surface area contributed by atoms with Gasteiger partial charge in [0.1, 0.15) is 0 Å². The third-order valence-electron chi connectivity index (χ3n) is 2.68. The summed E-state index contributed by atoms with van der Waals surface area (Å²) in [6, 6.07) is 10.1. The first-order chi connectivity index (χ1) is 9.47. The number of anilines is 1. The Morgan fingerprint density at radius 1 is 1.05 bits per heavy atom. The van der Waals surface area contributed by atoms with Gasteiger partial charge in [-0.25, -0.2) is 0 Å². The minimum absolute atomic E-state index is 0.226. The van der Waals surface area contributed by atoms with Gasteiger partial charge in [0.25, 0.3) is 5.91 Å². The molecule has 104 valence electrons. The number of hydrogen-bond acceptors (Lipinski definition) is 2. The fourth-order valence-electron chi connectivity index (χ4n) is 1.71. The van der Waals surface area contributed by atoms with Crippen molar-refractivity contribution in [2.45, 2.75) is 6.54 Å². The molecule has 0 aliphatic carbocycles. The number of benzene rings is 2. The standard InChI is InChI=1S/C14H11Cl3N2O/c15-9-3-1-8(2-4-9)7-19-14(20)13-11(17)5-10(16)6-12(13)18/h1-6H,7,18H2,(H,19,20). The second-order valence-corrected chi connectivity index (χ2v) is 5.44. The van der Waals surface area contributed by atoms with E-state index in [4.69, 9.17) is 40.5 Å². The zero-order valence-electron chi connectivity index (χ0n) is 10.3. The number of nitrogens with two attached hydrogens (primary N) is 1. The molecule has 0 unspecified atom stereocenters. The predicted octanol–water partition coefficient (Wildman–Crippen LogP) is 4.16. The van der Waals surface area contributed by atoms with E-state index in [1.165, 1.54) is 12.1 Å². The Balaban J connectivity index is 2.11. The quantitative estimate of drug-likeness (QED) is 0.831. The zero-order chi connectivity index (χ0) is 14.7. The highest BCUT2D eigenvalue weighted by atomic mass is 35.5. The lowest BCUT2D eigenvalue weighted by Gasteiger charge is -2.10. The lowest BCUT2D eigenvalue weighted by molar-refractivity contribution is 0.0952. The molecule has 0 radical (unpaired) electrons. The molecule has 0 aromatic heterocycles. The Morgan fingerprint density at radius 3 is 2.30 bits per heavy atom. The highest BCUT2D eigenvalue weighted by Gasteiger charge is 2.14. The van der Waals surface area contributed by atoms with Crippen LogP contribution in [0.25, 0.3) is 0 Å². The maximum atomic E-state index is 12.1. The van der Waals surface area contributed by atoms with Gasteiger partial charge in [-0.1, -0.05) is 46.9 Å². The number of hydrogen-bond donors (Lipinski definition) is 2. The summed E-state index contributed by atoms with van der Waals surface area (Å²) in [4.78, 5) is 12.1. The first kappa shape index (κ1) is 15.0. The molecular weight excluding hydrogens is 319 g/mol. The Bertz CT molecular complexity index is 618. The van der Waals surface area contributed by atoms with Crippen molar-refractivity contribution in [3.05, 3.63) is 62.6 Å². The van der Waals surface area contributed by atoms with Crippen molar-refractivity contribution < 1.29 is 4.79 Å². The number of rotatable bonds is 3. The smallest absolute Gasteiger partial charge is 0.255 e. The van der Waals surface area contributed by atoms with Crippen molar-refractivity contribution in [3.63, 3.8) is 0 Å². The van der Waals surface area contributed by atoms with Crippen molar-refractivity contribution in [2.75, 3.05) is 5.73 Å². The first-order valence-corrected chi connectivity index (χ1v) is 6.88. The van der Waals surface area contributed by atoms with Gasteiger partial charge in [0, 0.05) is 22.3 Å². The molecule has 0 atom stereocenters. The average molecular weight is 330 g/mol. The van der Waals surface area contributed by atoms with Crippen LogP contribution in [-0.4, -0.2) is 5.91 Å². The van der Waals surface area contributed by atoms with Crippen molar-refractivity contribution in [2.24, 2.45) is 0 Å². The molecule has 0 saturated carbocycles. The largest absolute Gasteiger partial charge is 0.398 e. The summed E-state index contributed by atoms with van der Waals surface area (Å²) in [5.41, 5.74) is 7.16. The molecule has 2 aromatic carbocycles. The highest BCUT2D eigenvalue weighted by Crippen LogP contribution is 2.27. The van der Waals surface area contributed by atoms with Crippen LogP contribution < -0.4 is 11.1 Å². The summed E-state index contributed by atoms with van der Waals surface area (Å²) < 4.78 is 0. The Morgan fingerprint density at radius 2 is 1.70 bits per heavy atom. The van der Waals surface area contributed by atoms with Gasteiger partial charge in [0.2, 0.25) is 0 Å². The molecule has 1 amide bonds. The summed E-state index contributed by atoms with van der Waals surface area (Å²) in [6.45, 7) is 0.356. The van der Waals surface area contributed by atoms with Gasteiger partial charge >= 0.3 is 0 Å². The molecule has 0 bridgehead atoms. The van der Waals surface area contributed by atoms with Crippen LogP contribution in [0.2, 0.25) is 15.1 Å². The van der Waals surface area contributed by atoms with Crippen LogP contribution in [0.15, 0.2) is 36.4 Å². The molecule has 0 aliphatic rings. The lowest BCUT2D eigenvalue weighted by atomic mass is 10.1. The van der Waals surface area contributed by atoms with Crippen LogP contribution in [0.4, 0.5) is 5.69 Å². The summed E-state index contributed by atoms with van der Waals surface area (Å²) in [5.74, 6) is -0.348. The second-order valence-electron chi connectivity index (χ2n) is 4.16. The molecule has 0 fully saturated rings. The number of nitrogens with one attached hydrogen (secondary N) is 1. The van der Waals surface area contributed by atoms with E-state index in [-0.39, 0.29) is 22.2 Å². The van der Waals surface area contributed by atoms with Crippen molar-refractivity contribution in [3.8, 4) is 0 Å². The molecule has 0 aliphatic heterocycles. The second kappa shape index (κ2) is 6.35. The van der Waals surface area contributed by atoms with Gasteiger partial charge in [-0.3, -0.25) is 4.79 Å². The van der Waals surface area contributed by atoms with Crippen LogP contribution in [0.3, 0.4) is 0 Å². The molecule has 2 rings (SSSR count). The molecule has 0 heterocycles. The Kier molecular flexibility index (Phi) is 4.76. The molecule has 0 spiro atoms. The summed E-state index contributed by atoms with van der Waals surface area (Å²) in [6.07, 6.45) is 0. The Hall–Kier alpha value is -1.42. The molecule has 3 nitrogen and oxygen atoms in total. The van der Waals surface area contributed by atoms with Crippen molar-refractivity contribution >= 4 is 46.4 Å². The summed E-state index contributed by atoms with van der Waals surface area (Å²) in [7, 11) is 0. The zero-order valence-corrected chi connectivity index (χ0v) is 12.6. The molecular formula is C14H11Cl3N2O. The fraction of sp³-hybridized carbons (Fsp3) is 0.0714. The molecule has 6 heteroatoms. The van der Waals surface area contributed by atoms with E-state index in [1.807, 2.05) is 12.1 Å². The van der Waals surface area contributed by atoms with E-state index in [0.717, 1.165) is 5.56 Å².